The van der Waals surface area contributed by atoms with Crippen LogP contribution in [0, 0.1) is 5.92 Å². The lowest BCUT2D eigenvalue weighted by Gasteiger charge is -2.25. The average molecular weight is 343 g/mol. The number of hydrogen-bond donors (Lipinski definition) is 0. The standard InChI is InChI=1S/C17H20F3NO3/c1-11(2)8-21(10-17(18,19)20)16(23)9-24-15-5-3-4-12-13(15)6-7-14(12)22/h3-5,11H,6-10H2,1-2H3. The van der Waals surface area contributed by atoms with E-state index >= 15 is 0 Å². The van der Waals surface area contributed by atoms with Gasteiger partial charge in [-0.2, -0.15) is 13.2 Å². The molecule has 0 unspecified atom stereocenters. The maximum absolute atomic E-state index is 12.6. The number of Topliss-reactive ketones (excluding diaryl/α,β-unsaturated/α-hetero) is 1. The Balaban J connectivity index is 2.04. The second kappa shape index (κ2) is 7.23. The van der Waals surface area contributed by atoms with Gasteiger partial charge in [0.1, 0.15) is 12.3 Å². The molecule has 0 atom stereocenters. The van der Waals surface area contributed by atoms with E-state index in [1.807, 2.05) is 0 Å². The molecule has 0 aliphatic heterocycles. The van der Waals surface area contributed by atoms with Crippen molar-refractivity contribution in [3.05, 3.63) is 29.3 Å². The van der Waals surface area contributed by atoms with Crippen molar-refractivity contribution >= 4 is 11.7 Å². The molecule has 0 radical (unpaired) electrons. The predicted molar refractivity (Wildman–Crippen MR) is 82.1 cm³/mol. The molecule has 1 aliphatic carbocycles. The Bertz CT molecular complexity index is 626. The van der Waals surface area contributed by atoms with Gasteiger partial charge in [-0.1, -0.05) is 26.0 Å². The Morgan fingerprint density at radius 2 is 2.00 bits per heavy atom. The molecular formula is C17H20F3NO3. The van der Waals surface area contributed by atoms with Gasteiger partial charge >= 0.3 is 6.18 Å². The summed E-state index contributed by atoms with van der Waals surface area (Å²) >= 11 is 0. The number of amides is 1. The lowest BCUT2D eigenvalue weighted by atomic mass is 10.1. The van der Waals surface area contributed by atoms with E-state index in [0.717, 1.165) is 10.5 Å². The molecule has 0 bridgehead atoms. The zero-order valence-electron chi connectivity index (χ0n) is 13.7. The fourth-order valence-corrected chi connectivity index (χ4v) is 2.74. The zero-order chi connectivity index (χ0) is 17.9. The number of fused-ring (bicyclic) bond motifs is 1. The minimum atomic E-state index is -4.45. The van der Waals surface area contributed by atoms with E-state index < -0.39 is 25.2 Å². The first-order valence-corrected chi connectivity index (χ1v) is 7.80. The Morgan fingerprint density at radius 3 is 2.62 bits per heavy atom. The van der Waals surface area contributed by atoms with Crippen LogP contribution in [0.3, 0.4) is 0 Å². The van der Waals surface area contributed by atoms with Crippen LogP contribution in [0.5, 0.6) is 5.75 Å². The first-order valence-electron chi connectivity index (χ1n) is 7.80. The van der Waals surface area contributed by atoms with E-state index in [-0.39, 0.29) is 18.2 Å². The minimum absolute atomic E-state index is 0.00703. The summed E-state index contributed by atoms with van der Waals surface area (Å²) in [6, 6.07) is 4.96. The monoisotopic (exact) mass is 343 g/mol. The molecule has 0 saturated heterocycles. The van der Waals surface area contributed by atoms with Crippen LogP contribution in [-0.2, 0) is 11.2 Å². The van der Waals surface area contributed by atoms with Crippen LogP contribution < -0.4 is 4.74 Å². The smallest absolute Gasteiger partial charge is 0.406 e. The van der Waals surface area contributed by atoms with Crippen LogP contribution in [0.2, 0.25) is 0 Å². The summed E-state index contributed by atoms with van der Waals surface area (Å²) in [5.74, 6) is -0.402. The molecule has 7 heteroatoms. The largest absolute Gasteiger partial charge is 0.483 e. The summed E-state index contributed by atoms with van der Waals surface area (Å²) in [6.45, 7) is 1.72. The number of nitrogens with zero attached hydrogens (tertiary/aromatic N) is 1. The first kappa shape index (κ1) is 18.3. The molecule has 0 aromatic heterocycles. The number of halogens is 3. The molecule has 4 nitrogen and oxygen atoms in total. The van der Waals surface area contributed by atoms with E-state index in [1.165, 1.54) is 0 Å². The zero-order valence-corrected chi connectivity index (χ0v) is 13.7. The van der Waals surface area contributed by atoms with Gasteiger partial charge in [0.15, 0.2) is 12.4 Å². The van der Waals surface area contributed by atoms with Crippen molar-refractivity contribution in [2.24, 2.45) is 5.92 Å². The third-order valence-corrected chi connectivity index (χ3v) is 3.70. The molecular weight excluding hydrogens is 323 g/mol. The molecule has 1 aromatic rings. The SMILES string of the molecule is CC(C)CN(CC(F)(F)F)C(=O)COc1cccc2c1CCC2=O. The van der Waals surface area contributed by atoms with Crippen LogP contribution in [0.25, 0.3) is 0 Å². The van der Waals surface area contributed by atoms with Crippen molar-refractivity contribution in [2.75, 3.05) is 19.7 Å². The van der Waals surface area contributed by atoms with E-state index in [4.69, 9.17) is 4.74 Å². The second-order valence-electron chi connectivity index (χ2n) is 6.28. The van der Waals surface area contributed by atoms with Crippen LogP contribution in [0.4, 0.5) is 13.2 Å². The highest BCUT2D eigenvalue weighted by Crippen LogP contribution is 2.30. The molecule has 0 heterocycles. The van der Waals surface area contributed by atoms with Crippen molar-refractivity contribution in [3.8, 4) is 5.75 Å². The van der Waals surface area contributed by atoms with Crippen LogP contribution in [-0.4, -0.2) is 42.5 Å². The number of benzene rings is 1. The molecule has 0 N–H and O–H groups in total. The summed E-state index contributed by atoms with van der Waals surface area (Å²) in [6.07, 6.45) is -3.54. The maximum atomic E-state index is 12.6. The van der Waals surface area contributed by atoms with Crippen molar-refractivity contribution in [2.45, 2.75) is 32.9 Å². The molecule has 1 amide bonds. The molecule has 0 spiro atoms. The lowest BCUT2D eigenvalue weighted by Crippen LogP contribution is -2.43. The van der Waals surface area contributed by atoms with E-state index in [2.05, 4.69) is 0 Å². The molecule has 0 saturated carbocycles. The van der Waals surface area contributed by atoms with Gasteiger partial charge in [-0.25, -0.2) is 0 Å². The van der Waals surface area contributed by atoms with Crippen LogP contribution in [0.15, 0.2) is 18.2 Å². The summed E-state index contributed by atoms with van der Waals surface area (Å²) in [5.41, 5.74) is 1.29. The van der Waals surface area contributed by atoms with Gasteiger partial charge in [-0.15, -0.1) is 0 Å². The maximum Gasteiger partial charge on any atom is 0.406 e. The molecule has 24 heavy (non-hydrogen) atoms. The minimum Gasteiger partial charge on any atom is -0.483 e. The Labute approximate surface area is 138 Å². The second-order valence-corrected chi connectivity index (χ2v) is 6.28. The Kier molecular flexibility index (Phi) is 5.51. The van der Waals surface area contributed by atoms with Gasteiger partial charge in [0, 0.05) is 24.1 Å². The van der Waals surface area contributed by atoms with Gasteiger partial charge in [-0.3, -0.25) is 9.59 Å². The lowest BCUT2D eigenvalue weighted by molar-refractivity contribution is -0.163. The number of rotatable bonds is 6. The normalized spacial score (nSPS) is 14.0. The van der Waals surface area contributed by atoms with Gasteiger partial charge < -0.3 is 9.64 Å². The Hall–Kier alpha value is -2.05. The van der Waals surface area contributed by atoms with Crippen LogP contribution in [0.1, 0.15) is 36.2 Å². The number of ketones is 1. The van der Waals surface area contributed by atoms with Crippen LogP contribution >= 0.6 is 0 Å². The summed E-state index contributed by atoms with van der Waals surface area (Å²) in [7, 11) is 0. The predicted octanol–water partition coefficient (Wildman–Crippen LogP) is 3.24. The first-order chi connectivity index (χ1) is 11.2. The number of carbonyl (C=O) groups excluding carboxylic acids is 2. The molecule has 1 aromatic carbocycles. The summed E-state index contributed by atoms with van der Waals surface area (Å²) in [4.78, 5) is 24.6. The molecule has 1 aliphatic rings. The van der Waals surface area contributed by atoms with Gasteiger partial charge in [-0.05, 0) is 18.4 Å². The van der Waals surface area contributed by atoms with Crippen molar-refractivity contribution in [3.63, 3.8) is 0 Å². The average Bonchev–Trinajstić information content (AvgIpc) is 2.84. The highest BCUT2D eigenvalue weighted by Gasteiger charge is 2.33. The third-order valence-electron chi connectivity index (χ3n) is 3.70. The number of carbonyl (C=O) groups is 2. The summed E-state index contributed by atoms with van der Waals surface area (Å²) in [5, 5.41) is 0. The summed E-state index contributed by atoms with van der Waals surface area (Å²) < 4.78 is 43.3. The third kappa shape index (κ3) is 4.72. The fraction of sp³-hybridized carbons (Fsp3) is 0.529. The quantitative estimate of drug-likeness (QED) is 0.797. The van der Waals surface area contributed by atoms with Crippen molar-refractivity contribution in [1.82, 2.24) is 4.90 Å². The number of alkyl halides is 3. The number of hydrogen-bond acceptors (Lipinski definition) is 3. The topological polar surface area (TPSA) is 46.6 Å². The fourth-order valence-electron chi connectivity index (χ4n) is 2.74. The molecule has 2 rings (SSSR count). The van der Waals surface area contributed by atoms with Gasteiger partial charge in [0.25, 0.3) is 5.91 Å². The van der Waals surface area contributed by atoms with E-state index in [0.29, 0.717) is 24.2 Å². The molecule has 132 valence electrons. The highest BCUT2D eigenvalue weighted by molar-refractivity contribution is 6.01. The van der Waals surface area contributed by atoms with E-state index in [1.54, 1.807) is 32.0 Å². The molecule has 0 fully saturated rings. The van der Waals surface area contributed by atoms with Gasteiger partial charge in [0.05, 0.1) is 0 Å². The van der Waals surface area contributed by atoms with E-state index in [9.17, 15) is 22.8 Å². The highest BCUT2D eigenvalue weighted by atomic mass is 19.4. The van der Waals surface area contributed by atoms with Crippen molar-refractivity contribution in [1.29, 1.82) is 0 Å². The number of ether oxygens (including phenoxy) is 1. The van der Waals surface area contributed by atoms with Crippen molar-refractivity contribution < 1.29 is 27.5 Å². The Morgan fingerprint density at radius 1 is 1.29 bits per heavy atom. The van der Waals surface area contributed by atoms with Gasteiger partial charge in [0.2, 0.25) is 0 Å².